The van der Waals surface area contributed by atoms with Gasteiger partial charge in [-0.05, 0) is 68.6 Å². The Bertz CT molecular complexity index is 731. The molecule has 1 N–H and O–H groups in total. The Morgan fingerprint density at radius 1 is 1.12 bits per heavy atom. The van der Waals surface area contributed by atoms with Crippen molar-refractivity contribution in [2.24, 2.45) is 17.3 Å². The van der Waals surface area contributed by atoms with Gasteiger partial charge in [0, 0.05) is 5.56 Å². The smallest absolute Gasteiger partial charge is 0.312 e. The number of ketones is 1. The highest BCUT2D eigenvalue weighted by atomic mass is 19.2. The van der Waals surface area contributed by atoms with E-state index in [1.807, 2.05) is 0 Å². The van der Waals surface area contributed by atoms with Crippen molar-refractivity contribution in [3.8, 4) is 0 Å². The third-order valence-corrected chi connectivity index (χ3v) is 6.04. The Kier molecular flexibility index (Phi) is 3.72. The van der Waals surface area contributed by atoms with E-state index in [9.17, 15) is 23.5 Å². The molecule has 4 bridgehead atoms. The molecule has 2 atom stereocenters. The molecule has 0 amide bonds. The lowest BCUT2D eigenvalue weighted by atomic mass is 9.48. The number of carbonyl (C=O) groups excluding carboxylic acids is 2. The summed E-state index contributed by atoms with van der Waals surface area (Å²) >= 11 is 0. The summed E-state index contributed by atoms with van der Waals surface area (Å²) in [6.07, 6.45) is 4.32. The highest BCUT2D eigenvalue weighted by Crippen LogP contribution is 2.61. The number of ether oxygens (including phenoxy) is 1. The zero-order valence-electron chi connectivity index (χ0n) is 13.8. The number of hydrogen-bond acceptors (Lipinski definition) is 4. The molecule has 0 saturated heterocycles. The molecule has 2 unspecified atom stereocenters. The number of esters is 1. The van der Waals surface area contributed by atoms with Crippen LogP contribution in [0.15, 0.2) is 18.2 Å². The molecule has 25 heavy (non-hydrogen) atoms. The summed E-state index contributed by atoms with van der Waals surface area (Å²) in [5, 5.41) is 10.7. The molecule has 0 heterocycles. The van der Waals surface area contributed by atoms with Crippen LogP contribution >= 0.6 is 0 Å². The first kappa shape index (κ1) is 16.6. The number of Topliss-reactive ketones (excluding diaryl/α,β-unsaturated/α-hetero) is 1. The quantitative estimate of drug-likeness (QED) is 0.670. The molecule has 1 aromatic rings. The Morgan fingerprint density at radius 3 is 2.40 bits per heavy atom. The number of aliphatic hydroxyl groups is 1. The van der Waals surface area contributed by atoms with E-state index in [0.29, 0.717) is 31.1 Å². The first-order chi connectivity index (χ1) is 11.8. The molecule has 4 saturated carbocycles. The Hall–Kier alpha value is -1.82. The monoisotopic (exact) mass is 350 g/mol. The topological polar surface area (TPSA) is 63.6 Å². The summed E-state index contributed by atoms with van der Waals surface area (Å²) < 4.78 is 31.4. The number of hydrogen-bond donors (Lipinski definition) is 1. The van der Waals surface area contributed by atoms with E-state index in [0.717, 1.165) is 31.4 Å². The average Bonchev–Trinajstić information content (AvgIpc) is 2.52. The van der Waals surface area contributed by atoms with Crippen LogP contribution in [0.4, 0.5) is 8.78 Å². The summed E-state index contributed by atoms with van der Waals surface area (Å²) in [6, 6.07) is 2.85. The van der Waals surface area contributed by atoms with Crippen molar-refractivity contribution >= 4 is 11.8 Å². The fraction of sp³-hybridized carbons (Fsp3) is 0.579. The van der Waals surface area contributed by atoms with Crippen LogP contribution in [0.5, 0.6) is 0 Å². The Morgan fingerprint density at radius 2 is 1.80 bits per heavy atom. The van der Waals surface area contributed by atoms with E-state index in [4.69, 9.17) is 4.74 Å². The number of halogens is 2. The number of rotatable bonds is 4. The predicted molar refractivity (Wildman–Crippen MR) is 83.7 cm³/mol. The molecule has 6 heteroatoms. The second-order valence-electron chi connectivity index (χ2n) is 8.09. The lowest BCUT2D eigenvalue weighted by molar-refractivity contribution is -0.195. The third kappa shape index (κ3) is 2.86. The van der Waals surface area contributed by atoms with Gasteiger partial charge in [-0.1, -0.05) is 0 Å². The van der Waals surface area contributed by atoms with Gasteiger partial charge < -0.3 is 9.84 Å². The molecule has 0 spiro atoms. The highest BCUT2D eigenvalue weighted by Gasteiger charge is 2.60. The van der Waals surface area contributed by atoms with Crippen LogP contribution in [-0.4, -0.2) is 29.1 Å². The second kappa shape index (κ2) is 5.59. The molecular weight excluding hydrogens is 330 g/mol. The number of carbonyl (C=O) groups is 2. The molecule has 0 aromatic heterocycles. The molecule has 4 nitrogen and oxygen atoms in total. The molecular formula is C19H20F2O4. The third-order valence-electron chi connectivity index (χ3n) is 6.04. The largest absolute Gasteiger partial charge is 0.457 e. The summed E-state index contributed by atoms with van der Waals surface area (Å²) in [6.45, 7) is -0.501. The van der Waals surface area contributed by atoms with Crippen LogP contribution < -0.4 is 0 Å². The molecule has 134 valence electrons. The maximum atomic E-state index is 13.2. The lowest BCUT2D eigenvalue weighted by Gasteiger charge is -2.58. The van der Waals surface area contributed by atoms with Gasteiger partial charge in [0.05, 0.1) is 11.0 Å². The van der Waals surface area contributed by atoms with Crippen LogP contribution in [0.1, 0.15) is 48.9 Å². The minimum Gasteiger partial charge on any atom is -0.457 e. The normalized spacial score (nSPS) is 35.6. The first-order valence-electron chi connectivity index (χ1n) is 8.67. The molecule has 0 aliphatic heterocycles. The summed E-state index contributed by atoms with van der Waals surface area (Å²) in [7, 11) is 0. The van der Waals surface area contributed by atoms with E-state index in [1.165, 1.54) is 6.07 Å². The van der Waals surface area contributed by atoms with Gasteiger partial charge >= 0.3 is 5.97 Å². The van der Waals surface area contributed by atoms with Crippen LogP contribution in [0.25, 0.3) is 0 Å². The van der Waals surface area contributed by atoms with Crippen molar-refractivity contribution in [1.82, 2.24) is 0 Å². The van der Waals surface area contributed by atoms with E-state index >= 15 is 0 Å². The van der Waals surface area contributed by atoms with Crippen LogP contribution in [0, 0.1) is 28.9 Å². The molecule has 4 aliphatic rings. The van der Waals surface area contributed by atoms with Gasteiger partial charge in [0.25, 0.3) is 0 Å². The highest BCUT2D eigenvalue weighted by molar-refractivity contribution is 5.98. The van der Waals surface area contributed by atoms with E-state index in [2.05, 4.69) is 0 Å². The molecule has 1 aromatic carbocycles. The van der Waals surface area contributed by atoms with Gasteiger partial charge in [-0.3, -0.25) is 9.59 Å². The maximum Gasteiger partial charge on any atom is 0.312 e. The standard InChI is InChI=1S/C19H20F2O4/c20-14-2-1-13(4-15(14)21)16(22)9-25-17(23)18-5-11-3-12(6-18)8-19(24,7-11)10-18/h1-2,4,11-12,24H,3,5-10H2. The molecule has 4 aliphatic carbocycles. The van der Waals surface area contributed by atoms with Gasteiger partial charge in [-0.2, -0.15) is 0 Å². The van der Waals surface area contributed by atoms with Gasteiger partial charge in [0.1, 0.15) is 0 Å². The molecule has 5 rings (SSSR count). The van der Waals surface area contributed by atoms with E-state index in [1.54, 1.807) is 0 Å². The zero-order chi connectivity index (χ0) is 17.8. The van der Waals surface area contributed by atoms with Crippen LogP contribution in [0.2, 0.25) is 0 Å². The summed E-state index contributed by atoms with van der Waals surface area (Å²) in [4.78, 5) is 24.8. The van der Waals surface area contributed by atoms with Crippen molar-refractivity contribution in [2.45, 2.75) is 44.1 Å². The zero-order valence-corrected chi connectivity index (χ0v) is 13.8. The summed E-state index contributed by atoms with van der Waals surface area (Å²) in [5.41, 5.74) is -1.52. The van der Waals surface area contributed by atoms with Gasteiger partial charge in [-0.25, -0.2) is 8.78 Å². The number of benzene rings is 1. The fourth-order valence-electron chi connectivity index (χ4n) is 5.49. The van der Waals surface area contributed by atoms with Crippen LogP contribution in [0.3, 0.4) is 0 Å². The van der Waals surface area contributed by atoms with Crippen molar-refractivity contribution in [2.75, 3.05) is 6.61 Å². The lowest BCUT2D eigenvalue weighted by Crippen LogP contribution is -2.58. The Balaban J connectivity index is 1.44. The first-order valence-corrected chi connectivity index (χ1v) is 8.67. The SMILES string of the molecule is O=C(COC(=O)C12CC3CC(CC(O)(C3)C1)C2)c1ccc(F)c(F)c1. The van der Waals surface area contributed by atoms with E-state index in [-0.39, 0.29) is 5.56 Å². The van der Waals surface area contributed by atoms with Crippen molar-refractivity contribution < 1.29 is 28.2 Å². The van der Waals surface area contributed by atoms with Gasteiger partial charge in [0.15, 0.2) is 24.0 Å². The molecule has 4 fully saturated rings. The van der Waals surface area contributed by atoms with Gasteiger partial charge in [-0.15, -0.1) is 0 Å². The van der Waals surface area contributed by atoms with Crippen molar-refractivity contribution in [3.05, 3.63) is 35.4 Å². The predicted octanol–water partition coefficient (Wildman–Crippen LogP) is 3.02. The van der Waals surface area contributed by atoms with Crippen molar-refractivity contribution in [1.29, 1.82) is 0 Å². The summed E-state index contributed by atoms with van der Waals surface area (Å²) in [5.74, 6) is -2.50. The minimum atomic E-state index is -1.11. The fourth-order valence-corrected chi connectivity index (χ4v) is 5.49. The van der Waals surface area contributed by atoms with Crippen molar-refractivity contribution in [3.63, 3.8) is 0 Å². The van der Waals surface area contributed by atoms with E-state index < -0.39 is 41.0 Å². The van der Waals surface area contributed by atoms with Gasteiger partial charge in [0.2, 0.25) is 0 Å². The minimum absolute atomic E-state index is 0.0316. The second-order valence-corrected chi connectivity index (χ2v) is 8.09. The average molecular weight is 350 g/mol. The maximum absolute atomic E-state index is 13.2. The van der Waals surface area contributed by atoms with Crippen LogP contribution in [-0.2, 0) is 9.53 Å². The Labute approximate surface area is 144 Å². The molecule has 0 radical (unpaired) electrons.